The number of rotatable bonds is 4. The number of hydrogen-bond donors (Lipinski definition) is 2. The first-order chi connectivity index (χ1) is 13.1. The fourth-order valence-electron chi connectivity index (χ4n) is 3.03. The van der Waals surface area contributed by atoms with E-state index in [1.165, 1.54) is 11.3 Å². The van der Waals surface area contributed by atoms with Crippen LogP contribution in [0.25, 0.3) is 21.7 Å². The lowest BCUT2D eigenvalue weighted by atomic mass is 10.0. The van der Waals surface area contributed by atoms with Gasteiger partial charge in [-0.05, 0) is 23.8 Å². The Bertz CT molecular complexity index is 1150. The Morgan fingerprint density at radius 2 is 1.85 bits per heavy atom. The summed E-state index contributed by atoms with van der Waals surface area (Å²) in [5.41, 5.74) is 7.29. The van der Waals surface area contributed by atoms with Crippen molar-refractivity contribution in [2.45, 2.75) is 19.8 Å². The summed E-state index contributed by atoms with van der Waals surface area (Å²) in [4.78, 5) is 28.4. The van der Waals surface area contributed by atoms with Gasteiger partial charge in [0.25, 0.3) is 0 Å². The van der Waals surface area contributed by atoms with Crippen molar-refractivity contribution in [2.75, 3.05) is 0 Å². The molecule has 0 unspecified atom stereocenters. The van der Waals surface area contributed by atoms with Gasteiger partial charge in [0.15, 0.2) is 0 Å². The average Bonchev–Trinajstić information content (AvgIpc) is 3.26. The highest BCUT2D eigenvalue weighted by Gasteiger charge is 2.14. The molecule has 2 amide bonds. The molecule has 0 atom stereocenters. The number of aromatic nitrogens is 1. The maximum atomic E-state index is 12.3. The number of furan rings is 1. The van der Waals surface area contributed by atoms with Crippen molar-refractivity contribution in [3.8, 4) is 0 Å². The van der Waals surface area contributed by atoms with Crippen molar-refractivity contribution >= 4 is 44.9 Å². The molecule has 2 heterocycles. The molecule has 7 heteroatoms. The summed E-state index contributed by atoms with van der Waals surface area (Å²) in [5, 5.41) is 5.64. The van der Waals surface area contributed by atoms with E-state index in [2.05, 4.69) is 15.8 Å². The van der Waals surface area contributed by atoms with Crippen LogP contribution in [-0.2, 0) is 22.4 Å². The Kier molecular flexibility index (Phi) is 4.60. The van der Waals surface area contributed by atoms with Crippen molar-refractivity contribution in [2.24, 2.45) is 0 Å². The Morgan fingerprint density at radius 3 is 2.63 bits per heavy atom. The zero-order valence-corrected chi connectivity index (χ0v) is 15.4. The largest absolute Gasteiger partial charge is 0.464 e. The maximum Gasteiger partial charge on any atom is 0.245 e. The van der Waals surface area contributed by atoms with Gasteiger partial charge in [-0.1, -0.05) is 30.3 Å². The van der Waals surface area contributed by atoms with Crippen LogP contribution in [0.2, 0.25) is 0 Å². The number of nitrogens with zero attached hydrogens (tertiary/aromatic N) is 1. The molecular formula is C20H17N3O3S. The van der Waals surface area contributed by atoms with Crippen molar-refractivity contribution < 1.29 is 14.0 Å². The second-order valence-electron chi connectivity index (χ2n) is 6.25. The van der Waals surface area contributed by atoms with Crippen LogP contribution in [0.5, 0.6) is 0 Å². The zero-order valence-electron chi connectivity index (χ0n) is 14.6. The van der Waals surface area contributed by atoms with Crippen LogP contribution >= 0.6 is 11.3 Å². The van der Waals surface area contributed by atoms with E-state index >= 15 is 0 Å². The standard InChI is InChI=1S/C20H17N3O3S/c1-12-11-27-19(21-12)9-18(25)23-22-17(24)8-14-10-26-16-7-6-13-4-2-3-5-15(13)20(14)16/h2-7,10-11H,8-9H2,1H3,(H,22,24)(H,23,25). The van der Waals surface area contributed by atoms with Crippen molar-refractivity contribution in [3.05, 3.63) is 64.3 Å². The molecule has 2 N–H and O–H groups in total. The molecule has 0 saturated heterocycles. The molecule has 0 aliphatic carbocycles. The van der Waals surface area contributed by atoms with E-state index < -0.39 is 0 Å². The van der Waals surface area contributed by atoms with Gasteiger partial charge < -0.3 is 4.42 Å². The molecule has 6 nitrogen and oxygen atoms in total. The van der Waals surface area contributed by atoms with Gasteiger partial charge in [-0.15, -0.1) is 11.3 Å². The Balaban J connectivity index is 1.44. The summed E-state index contributed by atoms with van der Waals surface area (Å²) in [5.74, 6) is -0.616. The van der Waals surface area contributed by atoms with Gasteiger partial charge >= 0.3 is 0 Å². The number of carbonyl (C=O) groups is 2. The smallest absolute Gasteiger partial charge is 0.245 e. The molecule has 0 bridgehead atoms. The Hall–Kier alpha value is -3.19. The normalized spacial score (nSPS) is 11.0. The van der Waals surface area contributed by atoms with E-state index in [1.54, 1.807) is 6.26 Å². The zero-order chi connectivity index (χ0) is 18.8. The first kappa shape index (κ1) is 17.2. The van der Waals surface area contributed by atoms with Crippen molar-refractivity contribution in [1.82, 2.24) is 15.8 Å². The van der Waals surface area contributed by atoms with E-state index in [-0.39, 0.29) is 24.7 Å². The molecule has 4 rings (SSSR count). The number of aryl methyl sites for hydroxylation is 1. The predicted octanol–water partition coefficient (Wildman–Crippen LogP) is 3.28. The van der Waals surface area contributed by atoms with Gasteiger partial charge in [0.2, 0.25) is 11.8 Å². The van der Waals surface area contributed by atoms with Crippen LogP contribution in [-0.4, -0.2) is 16.8 Å². The highest BCUT2D eigenvalue weighted by atomic mass is 32.1. The van der Waals surface area contributed by atoms with Gasteiger partial charge in [0.1, 0.15) is 10.6 Å². The lowest BCUT2D eigenvalue weighted by Crippen LogP contribution is -2.43. The van der Waals surface area contributed by atoms with Crippen LogP contribution in [0.4, 0.5) is 0 Å². The highest BCUT2D eigenvalue weighted by molar-refractivity contribution is 7.09. The van der Waals surface area contributed by atoms with Crippen LogP contribution in [0.1, 0.15) is 16.3 Å². The fourth-order valence-corrected chi connectivity index (χ4v) is 3.80. The van der Waals surface area contributed by atoms with E-state index in [0.717, 1.165) is 33.0 Å². The monoisotopic (exact) mass is 379 g/mol. The van der Waals surface area contributed by atoms with Gasteiger partial charge in [0, 0.05) is 22.0 Å². The predicted molar refractivity (Wildman–Crippen MR) is 104 cm³/mol. The molecule has 27 heavy (non-hydrogen) atoms. The van der Waals surface area contributed by atoms with Crippen LogP contribution in [0.15, 0.2) is 52.5 Å². The van der Waals surface area contributed by atoms with Crippen LogP contribution < -0.4 is 10.9 Å². The van der Waals surface area contributed by atoms with Crippen molar-refractivity contribution in [3.63, 3.8) is 0 Å². The van der Waals surface area contributed by atoms with E-state index in [0.29, 0.717) is 5.01 Å². The molecule has 0 radical (unpaired) electrons. The second kappa shape index (κ2) is 7.20. The molecule has 136 valence electrons. The fraction of sp³-hybridized carbons (Fsp3) is 0.150. The number of hydrazine groups is 1. The highest BCUT2D eigenvalue weighted by Crippen LogP contribution is 2.30. The minimum atomic E-state index is -0.311. The quantitative estimate of drug-likeness (QED) is 0.533. The number of fused-ring (bicyclic) bond motifs is 3. The summed E-state index contributed by atoms with van der Waals surface area (Å²) in [7, 11) is 0. The summed E-state index contributed by atoms with van der Waals surface area (Å²) < 4.78 is 5.59. The number of carbonyl (C=O) groups excluding carboxylic acids is 2. The molecule has 0 fully saturated rings. The van der Waals surface area contributed by atoms with E-state index in [4.69, 9.17) is 4.42 Å². The van der Waals surface area contributed by atoms with Crippen molar-refractivity contribution in [1.29, 1.82) is 0 Å². The maximum absolute atomic E-state index is 12.3. The lowest BCUT2D eigenvalue weighted by molar-refractivity contribution is -0.128. The third-order valence-electron chi connectivity index (χ3n) is 4.21. The molecule has 0 saturated carbocycles. The van der Waals surface area contributed by atoms with Gasteiger partial charge in [-0.2, -0.15) is 0 Å². The minimum Gasteiger partial charge on any atom is -0.464 e. The average molecular weight is 379 g/mol. The molecule has 2 aromatic heterocycles. The third-order valence-corrected chi connectivity index (χ3v) is 5.18. The summed E-state index contributed by atoms with van der Waals surface area (Å²) in [6.07, 6.45) is 1.84. The topological polar surface area (TPSA) is 84.2 Å². The number of hydrogen-bond acceptors (Lipinski definition) is 5. The summed E-state index contributed by atoms with van der Waals surface area (Å²) in [6, 6.07) is 11.8. The molecule has 0 spiro atoms. The summed E-state index contributed by atoms with van der Waals surface area (Å²) >= 11 is 1.42. The van der Waals surface area contributed by atoms with Crippen LogP contribution in [0.3, 0.4) is 0 Å². The molecule has 2 aromatic carbocycles. The second-order valence-corrected chi connectivity index (χ2v) is 7.20. The van der Waals surface area contributed by atoms with Gasteiger partial charge in [-0.25, -0.2) is 4.98 Å². The summed E-state index contributed by atoms with van der Waals surface area (Å²) in [6.45, 7) is 1.87. The van der Waals surface area contributed by atoms with E-state index in [9.17, 15) is 9.59 Å². The first-order valence-corrected chi connectivity index (χ1v) is 9.34. The molecule has 4 aromatic rings. The van der Waals surface area contributed by atoms with Gasteiger partial charge in [-0.3, -0.25) is 20.4 Å². The number of amides is 2. The molecule has 0 aliphatic heterocycles. The minimum absolute atomic E-state index is 0.109. The lowest BCUT2D eigenvalue weighted by Gasteiger charge is -2.06. The Labute approximate surface area is 159 Å². The number of nitrogens with one attached hydrogen (secondary N) is 2. The van der Waals surface area contributed by atoms with E-state index in [1.807, 2.05) is 48.7 Å². The molecular weight excluding hydrogens is 362 g/mol. The Morgan fingerprint density at radius 1 is 1.07 bits per heavy atom. The SMILES string of the molecule is Cc1csc(CC(=O)NNC(=O)Cc2coc3ccc4ccccc4c23)n1. The third kappa shape index (κ3) is 3.68. The molecule has 0 aliphatic rings. The first-order valence-electron chi connectivity index (χ1n) is 8.46. The van der Waals surface area contributed by atoms with Crippen LogP contribution in [0, 0.1) is 6.92 Å². The number of thiazole rings is 1. The van der Waals surface area contributed by atoms with Gasteiger partial charge in [0.05, 0.1) is 19.1 Å². The number of benzene rings is 2.